The highest BCUT2D eigenvalue weighted by atomic mass is 19.3. The van der Waals surface area contributed by atoms with Crippen molar-refractivity contribution in [3.63, 3.8) is 0 Å². The average Bonchev–Trinajstić information content (AvgIpc) is 2.35. The van der Waals surface area contributed by atoms with E-state index < -0.39 is 18.9 Å². The summed E-state index contributed by atoms with van der Waals surface area (Å²) < 4.78 is 29.8. The zero-order valence-corrected chi connectivity index (χ0v) is 10.7. The molecular weight excluding hydrogens is 256 g/mol. The second kappa shape index (κ2) is 7.68. The molecule has 0 aliphatic heterocycles. The number of aliphatic hydroxyl groups is 1. The summed E-state index contributed by atoms with van der Waals surface area (Å²) in [5.41, 5.74) is 0.977. The molecule has 0 spiro atoms. The van der Waals surface area contributed by atoms with E-state index in [1.165, 1.54) is 0 Å². The lowest BCUT2D eigenvalue weighted by Crippen LogP contribution is -2.40. The molecule has 1 aromatic carbocycles. The maximum absolute atomic E-state index is 12.3. The molecule has 0 saturated carbocycles. The number of halogens is 2. The minimum atomic E-state index is -2.63. The summed E-state index contributed by atoms with van der Waals surface area (Å²) in [6, 6.07) is 7.09. The van der Waals surface area contributed by atoms with Gasteiger partial charge in [0, 0.05) is 6.54 Å². The zero-order chi connectivity index (χ0) is 14.3. The Labute approximate surface area is 110 Å². The number of alkyl halides is 2. The van der Waals surface area contributed by atoms with Crippen LogP contribution in [-0.4, -0.2) is 48.6 Å². The van der Waals surface area contributed by atoms with Crippen LogP contribution < -0.4 is 4.74 Å². The van der Waals surface area contributed by atoms with E-state index in [4.69, 9.17) is 9.84 Å². The summed E-state index contributed by atoms with van der Waals surface area (Å²) in [6.07, 6.45) is -2.63. The standard InChI is InChI=1S/C13H17F2NO3/c1-10-3-2-4-11(7-10)19-9-13(18)16(5-6-17)8-12(14)15/h2-4,7,12,17H,5-6,8-9H2,1H3. The van der Waals surface area contributed by atoms with E-state index >= 15 is 0 Å². The third kappa shape index (κ3) is 5.65. The SMILES string of the molecule is Cc1cccc(OCC(=O)N(CCO)CC(F)F)c1. The van der Waals surface area contributed by atoms with Gasteiger partial charge in [0.15, 0.2) is 6.61 Å². The molecule has 0 aromatic heterocycles. The lowest BCUT2D eigenvalue weighted by Gasteiger charge is -2.21. The summed E-state index contributed by atoms with van der Waals surface area (Å²) in [5, 5.41) is 8.74. The third-order valence-electron chi connectivity index (χ3n) is 2.43. The topological polar surface area (TPSA) is 49.8 Å². The second-order valence-corrected chi connectivity index (χ2v) is 4.06. The van der Waals surface area contributed by atoms with Crippen LogP contribution in [0.1, 0.15) is 5.56 Å². The molecule has 1 aromatic rings. The largest absolute Gasteiger partial charge is 0.484 e. The van der Waals surface area contributed by atoms with E-state index in [-0.39, 0.29) is 19.8 Å². The fourth-order valence-corrected chi connectivity index (χ4v) is 1.55. The van der Waals surface area contributed by atoms with Crippen molar-refractivity contribution >= 4 is 5.91 Å². The van der Waals surface area contributed by atoms with Gasteiger partial charge < -0.3 is 14.7 Å². The van der Waals surface area contributed by atoms with E-state index in [0.29, 0.717) is 5.75 Å². The summed E-state index contributed by atoms with van der Waals surface area (Å²) in [6.45, 7) is 0.375. The van der Waals surface area contributed by atoms with Crippen LogP contribution in [-0.2, 0) is 4.79 Å². The predicted molar refractivity (Wildman–Crippen MR) is 66.3 cm³/mol. The maximum Gasteiger partial charge on any atom is 0.260 e. The van der Waals surface area contributed by atoms with Crippen LogP contribution in [0.15, 0.2) is 24.3 Å². The molecule has 0 atom stereocenters. The molecule has 0 saturated heterocycles. The molecule has 1 amide bonds. The Balaban J connectivity index is 2.52. The molecule has 0 radical (unpaired) electrons. The van der Waals surface area contributed by atoms with Gasteiger partial charge in [0.05, 0.1) is 13.2 Å². The number of amides is 1. The van der Waals surface area contributed by atoms with Crippen molar-refractivity contribution in [2.45, 2.75) is 13.3 Å². The van der Waals surface area contributed by atoms with Crippen molar-refractivity contribution in [2.75, 3.05) is 26.3 Å². The summed E-state index contributed by atoms with van der Waals surface area (Å²) in [4.78, 5) is 12.6. The van der Waals surface area contributed by atoms with Gasteiger partial charge >= 0.3 is 0 Å². The molecule has 1 N–H and O–H groups in total. The summed E-state index contributed by atoms with van der Waals surface area (Å²) in [5.74, 6) is -0.0646. The fourth-order valence-electron chi connectivity index (χ4n) is 1.55. The number of aliphatic hydroxyl groups excluding tert-OH is 1. The van der Waals surface area contributed by atoms with Crippen LogP contribution in [0.4, 0.5) is 8.78 Å². The number of aryl methyl sites for hydroxylation is 1. The average molecular weight is 273 g/mol. The molecule has 0 fully saturated rings. The number of carbonyl (C=O) groups is 1. The fraction of sp³-hybridized carbons (Fsp3) is 0.462. The number of rotatable bonds is 7. The van der Waals surface area contributed by atoms with Crippen molar-refractivity contribution in [2.24, 2.45) is 0 Å². The van der Waals surface area contributed by atoms with Crippen molar-refractivity contribution in [1.29, 1.82) is 0 Å². The Hall–Kier alpha value is -1.69. The highest BCUT2D eigenvalue weighted by molar-refractivity contribution is 5.77. The molecule has 1 rings (SSSR count). The highest BCUT2D eigenvalue weighted by Crippen LogP contribution is 2.12. The molecule has 4 nitrogen and oxygen atoms in total. The summed E-state index contributed by atoms with van der Waals surface area (Å²) >= 11 is 0. The summed E-state index contributed by atoms with van der Waals surface area (Å²) in [7, 11) is 0. The van der Waals surface area contributed by atoms with Gasteiger partial charge in [0.25, 0.3) is 12.3 Å². The van der Waals surface area contributed by atoms with E-state index in [2.05, 4.69) is 0 Å². The normalized spacial score (nSPS) is 10.6. The van der Waals surface area contributed by atoms with Crippen LogP contribution in [0.3, 0.4) is 0 Å². The Kier molecular flexibility index (Phi) is 6.21. The Morgan fingerprint density at radius 3 is 2.79 bits per heavy atom. The van der Waals surface area contributed by atoms with E-state index in [1.807, 2.05) is 13.0 Å². The molecule has 0 unspecified atom stereocenters. The van der Waals surface area contributed by atoms with Gasteiger partial charge in [0.1, 0.15) is 5.75 Å². The molecule has 0 bridgehead atoms. The first-order chi connectivity index (χ1) is 9.02. The Morgan fingerprint density at radius 2 is 2.21 bits per heavy atom. The lowest BCUT2D eigenvalue weighted by molar-refractivity contribution is -0.135. The van der Waals surface area contributed by atoms with Crippen LogP contribution in [0.5, 0.6) is 5.75 Å². The third-order valence-corrected chi connectivity index (χ3v) is 2.43. The van der Waals surface area contributed by atoms with Crippen molar-refractivity contribution < 1.29 is 23.4 Å². The quantitative estimate of drug-likeness (QED) is 0.818. The number of ether oxygens (including phenoxy) is 1. The maximum atomic E-state index is 12.3. The lowest BCUT2D eigenvalue weighted by atomic mass is 10.2. The molecule has 0 heterocycles. The first-order valence-electron chi connectivity index (χ1n) is 5.89. The minimum absolute atomic E-state index is 0.125. The van der Waals surface area contributed by atoms with Crippen molar-refractivity contribution in [1.82, 2.24) is 4.90 Å². The van der Waals surface area contributed by atoms with Gasteiger partial charge in [-0.2, -0.15) is 0 Å². The monoisotopic (exact) mass is 273 g/mol. The predicted octanol–water partition coefficient (Wildman–Crippen LogP) is 1.46. The highest BCUT2D eigenvalue weighted by Gasteiger charge is 2.18. The number of hydrogen-bond donors (Lipinski definition) is 1. The van der Waals surface area contributed by atoms with Gasteiger partial charge in [-0.25, -0.2) is 8.78 Å². The molecule has 0 aliphatic carbocycles. The van der Waals surface area contributed by atoms with E-state index in [9.17, 15) is 13.6 Å². The van der Waals surface area contributed by atoms with Gasteiger partial charge in [-0.05, 0) is 24.6 Å². The molecule has 19 heavy (non-hydrogen) atoms. The Morgan fingerprint density at radius 1 is 1.47 bits per heavy atom. The van der Waals surface area contributed by atoms with Crippen LogP contribution in [0.2, 0.25) is 0 Å². The first kappa shape index (κ1) is 15.4. The molecule has 6 heteroatoms. The number of nitrogens with zero attached hydrogens (tertiary/aromatic N) is 1. The second-order valence-electron chi connectivity index (χ2n) is 4.06. The van der Waals surface area contributed by atoms with E-state index in [1.54, 1.807) is 18.2 Å². The number of carbonyl (C=O) groups excluding carboxylic acids is 1. The Bertz CT molecular complexity index is 413. The molecular formula is C13H17F2NO3. The van der Waals surface area contributed by atoms with Crippen LogP contribution in [0.25, 0.3) is 0 Å². The number of hydrogen-bond acceptors (Lipinski definition) is 3. The first-order valence-corrected chi connectivity index (χ1v) is 5.89. The molecule has 0 aliphatic rings. The van der Waals surface area contributed by atoms with Gasteiger partial charge in [-0.3, -0.25) is 4.79 Å². The van der Waals surface area contributed by atoms with E-state index in [0.717, 1.165) is 10.5 Å². The van der Waals surface area contributed by atoms with Crippen molar-refractivity contribution in [3.05, 3.63) is 29.8 Å². The van der Waals surface area contributed by atoms with Gasteiger partial charge in [0.2, 0.25) is 0 Å². The smallest absolute Gasteiger partial charge is 0.260 e. The molecule has 106 valence electrons. The van der Waals surface area contributed by atoms with Crippen LogP contribution >= 0.6 is 0 Å². The van der Waals surface area contributed by atoms with Gasteiger partial charge in [-0.15, -0.1) is 0 Å². The minimum Gasteiger partial charge on any atom is -0.484 e. The van der Waals surface area contributed by atoms with Crippen molar-refractivity contribution in [3.8, 4) is 5.75 Å². The zero-order valence-electron chi connectivity index (χ0n) is 10.7. The number of benzene rings is 1. The van der Waals surface area contributed by atoms with Crippen LogP contribution in [0, 0.1) is 6.92 Å². The van der Waals surface area contributed by atoms with Gasteiger partial charge in [-0.1, -0.05) is 12.1 Å².